The first-order chi connectivity index (χ1) is 9.77. The highest BCUT2D eigenvalue weighted by molar-refractivity contribution is 5.59. The third-order valence-corrected chi connectivity index (χ3v) is 3.74. The molecule has 3 rings (SSSR count). The van der Waals surface area contributed by atoms with Gasteiger partial charge in [0, 0.05) is 0 Å². The van der Waals surface area contributed by atoms with Crippen molar-refractivity contribution in [3.8, 4) is 17.3 Å². The van der Waals surface area contributed by atoms with Crippen molar-refractivity contribution in [3.63, 3.8) is 0 Å². The summed E-state index contributed by atoms with van der Waals surface area (Å²) in [6.07, 6.45) is 4.04. The number of aromatic amines is 1. The summed E-state index contributed by atoms with van der Waals surface area (Å²) in [6.45, 7) is 3.02. The second-order valence-electron chi connectivity index (χ2n) is 5.28. The van der Waals surface area contributed by atoms with Gasteiger partial charge in [-0.05, 0) is 17.5 Å². The van der Waals surface area contributed by atoms with Gasteiger partial charge in [0.2, 0.25) is 0 Å². The number of aryl methyl sites for hydroxylation is 1. The van der Waals surface area contributed by atoms with Gasteiger partial charge in [0.15, 0.2) is 5.41 Å². The highest BCUT2D eigenvalue weighted by Crippen LogP contribution is 2.31. The van der Waals surface area contributed by atoms with Crippen LogP contribution in [0.2, 0.25) is 0 Å². The van der Waals surface area contributed by atoms with Crippen molar-refractivity contribution in [1.29, 1.82) is 5.26 Å². The number of H-pyrrole nitrogens is 1. The number of nitrogens with one attached hydrogen (secondary N) is 1. The smallest absolute Gasteiger partial charge is 0.161 e. The number of imidazole rings is 1. The molecule has 1 N–H and O–H groups in total. The number of benzene rings is 1. The third kappa shape index (κ3) is 2.10. The van der Waals surface area contributed by atoms with Crippen LogP contribution in [0.4, 0.5) is 0 Å². The van der Waals surface area contributed by atoms with Crippen molar-refractivity contribution in [3.05, 3.63) is 41.9 Å². The van der Waals surface area contributed by atoms with Gasteiger partial charge in [0.1, 0.15) is 5.82 Å². The molecule has 4 nitrogen and oxygen atoms in total. The van der Waals surface area contributed by atoms with Gasteiger partial charge in [-0.3, -0.25) is 0 Å². The minimum Gasteiger partial charge on any atom is -0.377 e. The van der Waals surface area contributed by atoms with E-state index in [2.05, 4.69) is 47.2 Å². The van der Waals surface area contributed by atoms with Crippen LogP contribution in [0.3, 0.4) is 0 Å². The van der Waals surface area contributed by atoms with Gasteiger partial charge >= 0.3 is 0 Å². The van der Waals surface area contributed by atoms with E-state index in [-0.39, 0.29) is 0 Å². The van der Waals surface area contributed by atoms with E-state index in [0.29, 0.717) is 19.0 Å². The number of rotatable bonds is 4. The Bertz CT molecular complexity index is 632. The van der Waals surface area contributed by atoms with Crippen LogP contribution in [0.25, 0.3) is 11.3 Å². The molecule has 0 amide bonds. The Labute approximate surface area is 118 Å². The van der Waals surface area contributed by atoms with Crippen LogP contribution >= 0.6 is 0 Å². The summed E-state index contributed by atoms with van der Waals surface area (Å²) < 4.78 is 5.16. The molecule has 1 saturated heterocycles. The van der Waals surface area contributed by atoms with Gasteiger partial charge in [-0.2, -0.15) is 5.26 Å². The van der Waals surface area contributed by atoms with Crippen molar-refractivity contribution >= 4 is 0 Å². The van der Waals surface area contributed by atoms with Crippen LogP contribution < -0.4 is 0 Å². The summed E-state index contributed by atoms with van der Waals surface area (Å²) in [5, 5.41) is 9.28. The fourth-order valence-corrected chi connectivity index (χ4v) is 2.41. The highest BCUT2D eigenvalue weighted by Gasteiger charge is 2.43. The quantitative estimate of drug-likeness (QED) is 0.926. The number of nitriles is 1. The number of hydrogen-bond donors (Lipinski definition) is 1. The lowest BCUT2D eigenvalue weighted by molar-refractivity contribution is -0.0335. The molecule has 1 aromatic heterocycles. The van der Waals surface area contributed by atoms with Gasteiger partial charge in [-0.15, -0.1) is 0 Å². The second kappa shape index (κ2) is 5.10. The fourth-order valence-electron chi connectivity index (χ4n) is 2.41. The van der Waals surface area contributed by atoms with Crippen LogP contribution in [0.5, 0.6) is 0 Å². The summed E-state index contributed by atoms with van der Waals surface area (Å²) in [5.41, 5.74) is 2.80. The van der Waals surface area contributed by atoms with Crippen molar-refractivity contribution in [2.45, 2.75) is 25.2 Å². The highest BCUT2D eigenvalue weighted by atomic mass is 16.5. The number of ether oxygens (including phenoxy) is 1. The monoisotopic (exact) mass is 267 g/mol. The van der Waals surface area contributed by atoms with Crippen LogP contribution in [-0.2, 0) is 16.6 Å². The second-order valence-corrected chi connectivity index (χ2v) is 5.28. The number of nitrogens with zero attached hydrogens (tertiary/aromatic N) is 2. The molecule has 2 aromatic rings. The van der Waals surface area contributed by atoms with Gasteiger partial charge in [0.25, 0.3) is 0 Å². The Morgan fingerprint density at radius 2 is 2.10 bits per heavy atom. The maximum absolute atomic E-state index is 9.28. The first-order valence-corrected chi connectivity index (χ1v) is 6.91. The molecule has 0 spiro atoms. The summed E-state index contributed by atoms with van der Waals surface area (Å²) in [5.74, 6) is 0.707. The third-order valence-electron chi connectivity index (χ3n) is 3.74. The van der Waals surface area contributed by atoms with Gasteiger partial charge in [-0.1, -0.05) is 37.6 Å². The molecule has 20 heavy (non-hydrogen) atoms. The van der Waals surface area contributed by atoms with E-state index in [0.717, 1.165) is 24.1 Å². The topological polar surface area (TPSA) is 61.7 Å². The first kappa shape index (κ1) is 12.9. The van der Waals surface area contributed by atoms with Crippen LogP contribution in [0.15, 0.2) is 30.5 Å². The largest absolute Gasteiger partial charge is 0.377 e. The van der Waals surface area contributed by atoms with E-state index in [1.165, 1.54) is 5.56 Å². The van der Waals surface area contributed by atoms with E-state index in [9.17, 15) is 5.26 Å². The molecule has 0 saturated carbocycles. The Morgan fingerprint density at radius 3 is 2.65 bits per heavy atom. The standard InChI is InChI=1S/C16H17N3O/c1-2-3-12-4-6-13(7-5-12)14-8-18-15(19-14)16(9-17)10-20-11-16/h4-8H,2-3,10-11H2,1H3,(H,18,19). The van der Waals surface area contributed by atoms with Crippen LogP contribution in [-0.4, -0.2) is 23.2 Å². The van der Waals surface area contributed by atoms with E-state index in [4.69, 9.17) is 4.74 Å². The summed E-state index contributed by atoms with van der Waals surface area (Å²) in [6, 6.07) is 10.8. The Hall–Kier alpha value is -2.12. The lowest BCUT2D eigenvalue weighted by atomic mass is 9.87. The summed E-state index contributed by atoms with van der Waals surface area (Å²) in [7, 11) is 0. The molecule has 1 aromatic carbocycles. The molecule has 4 heteroatoms. The molecule has 102 valence electrons. The predicted molar refractivity (Wildman–Crippen MR) is 76.1 cm³/mol. The normalized spacial score (nSPS) is 16.4. The maximum atomic E-state index is 9.28. The van der Waals surface area contributed by atoms with Crippen molar-refractivity contribution in [1.82, 2.24) is 9.97 Å². The van der Waals surface area contributed by atoms with E-state index in [1.807, 2.05) is 0 Å². The maximum Gasteiger partial charge on any atom is 0.161 e. The SMILES string of the molecule is CCCc1ccc(-c2cnc(C3(C#N)COC3)[nH]2)cc1. The molecule has 1 aliphatic heterocycles. The average molecular weight is 267 g/mol. The van der Waals surface area contributed by atoms with E-state index >= 15 is 0 Å². The lowest BCUT2D eigenvalue weighted by Gasteiger charge is -2.32. The molecular weight excluding hydrogens is 250 g/mol. The number of hydrogen-bond acceptors (Lipinski definition) is 3. The zero-order valence-electron chi connectivity index (χ0n) is 11.5. The van der Waals surface area contributed by atoms with Crippen LogP contribution in [0, 0.1) is 11.3 Å². The zero-order chi connectivity index (χ0) is 14.0. The van der Waals surface area contributed by atoms with Gasteiger partial charge in [0.05, 0.1) is 31.2 Å². The Morgan fingerprint density at radius 1 is 1.35 bits per heavy atom. The fraction of sp³-hybridized carbons (Fsp3) is 0.375. The number of aromatic nitrogens is 2. The molecule has 2 heterocycles. The molecule has 0 atom stereocenters. The lowest BCUT2D eigenvalue weighted by Crippen LogP contribution is -2.46. The molecular formula is C16H17N3O. The van der Waals surface area contributed by atoms with Gasteiger partial charge < -0.3 is 9.72 Å². The first-order valence-electron chi connectivity index (χ1n) is 6.91. The van der Waals surface area contributed by atoms with Crippen molar-refractivity contribution < 1.29 is 4.74 Å². The molecule has 1 aliphatic rings. The van der Waals surface area contributed by atoms with E-state index in [1.54, 1.807) is 6.20 Å². The predicted octanol–water partition coefficient (Wildman–Crippen LogP) is 2.82. The molecule has 0 bridgehead atoms. The zero-order valence-corrected chi connectivity index (χ0v) is 11.5. The molecule has 0 aliphatic carbocycles. The Balaban J connectivity index is 1.85. The molecule has 1 fully saturated rings. The van der Waals surface area contributed by atoms with Crippen molar-refractivity contribution in [2.24, 2.45) is 0 Å². The summed E-state index contributed by atoms with van der Waals surface area (Å²) >= 11 is 0. The Kier molecular flexibility index (Phi) is 3.29. The minimum atomic E-state index is -0.583. The average Bonchev–Trinajstić information content (AvgIpc) is 2.89. The summed E-state index contributed by atoms with van der Waals surface area (Å²) in [4.78, 5) is 7.62. The van der Waals surface area contributed by atoms with Crippen LogP contribution in [0.1, 0.15) is 24.7 Å². The van der Waals surface area contributed by atoms with Crippen molar-refractivity contribution in [2.75, 3.05) is 13.2 Å². The van der Waals surface area contributed by atoms with E-state index < -0.39 is 5.41 Å². The minimum absolute atomic E-state index is 0.423. The molecule has 0 radical (unpaired) electrons. The molecule has 0 unspecified atom stereocenters. The van der Waals surface area contributed by atoms with Gasteiger partial charge in [-0.25, -0.2) is 4.98 Å².